The summed E-state index contributed by atoms with van der Waals surface area (Å²) in [7, 11) is 0. The molecule has 0 aromatic carbocycles. The highest BCUT2D eigenvalue weighted by molar-refractivity contribution is 9.09. The fourth-order valence-electron chi connectivity index (χ4n) is 2.00. The first kappa shape index (κ1) is 14.1. The molecule has 1 unspecified atom stereocenters. The Balaban J connectivity index is 2.55. The maximum absolute atomic E-state index is 12.0. The van der Waals surface area contributed by atoms with Gasteiger partial charge in [0.2, 0.25) is 0 Å². The zero-order valence-electron chi connectivity index (χ0n) is 10.1. The maximum atomic E-state index is 12.0. The monoisotopic (exact) mass is 348 g/mol. The van der Waals surface area contributed by atoms with Crippen LogP contribution in [0, 0.1) is 0 Å². The first-order valence-electron chi connectivity index (χ1n) is 5.65. The smallest absolute Gasteiger partial charge is 0.348 e. The molecule has 0 bridgehead atoms. The summed E-state index contributed by atoms with van der Waals surface area (Å²) in [5.74, 6) is -0.185. The first-order valence-corrected chi connectivity index (χ1v) is 8.60. The van der Waals surface area contributed by atoms with E-state index in [1.165, 1.54) is 23.1 Å². The van der Waals surface area contributed by atoms with Crippen LogP contribution in [0.1, 0.15) is 50.2 Å². The number of thioether (sulfide) groups is 1. The molecule has 0 aliphatic heterocycles. The van der Waals surface area contributed by atoms with Gasteiger partial charge in [0.25, 0.3) is 0 Å². The van der Waals surface area contributed by atoms with E-state index in [4.69, 9.17) is 4.74 Å². The van der Waals surface area contributed by atoms with Crippen LogP contribution in [-0.4, -0.2) is 24.6 Å². The molecule has 0 saturated heterocycles. The number of carbonyl (C=O) groups excluding carboxylic acids is 2. The Kier molecular flexibility index (Phi) is 4.50. The van der Waals surface area contributed by atoms with Crippen LogP contribution in [0.3, 0.4) is 0 Å². The van der Waals surface area contributed by atoms with E-state index in [-0.39, 0.29) is 16.6 Å². The summed E-state index contributed by atoms with van der Waals surface area (Å²) in [4.78, 5) is 24.6. The van der Waals surface area contributed by atoms with Crippen LogP contribution < -0.4 is 0 Å². The van der Waals surface area contributed by atoms with Crippen molar-refractivity contribution in [2.75, 3.05) is 12.9 Å². The Morgan fingerprint density at radius 1 is 1.61 bits per heavy atom. The molecule has 2 rings (SSSR count). The van der Waals surface area contributed by atoms with Gasteiger partial charge in [0.05, 0.1) is 10.8 Å². The Bertz CT molecular complexity index is 496. The van der Waals surface area contributed by atoms with Crippen molar-refractivity contribution < 1.29 is 14.3 Å². The van der Waals surface area contributed by atoms with E-state index in [0.29, 0.717) is 17.9 Å². The third-order valence-corrected chi connectivity index (χ3v) is 6.00. The van der Waals surface area contributed by atoms with Crippen molar-refractivity contribution in [3.63, 3.8) is 0 Å². The molecule has 1 aromatic heterocycles. The van der Waals surface area contributed by atoms with Crippen LogP contribution in [0.25, 0.3) is 0 Å². The van der Waals surface area contributed by atoms with Gasteiger partial charge in [-0.3, -0.25) is 4.79 Å². The number of carbonyl (C=O) groups is 2. The van der Waals surface area contributed by atoms with E-state index in [0.717, 1.165) is 21.8 Å². The Hall–Kier alpha value is -0.330. The minimum atomic E-state index is -0.321. The molecule has 1 heterocycles. The molecule has 1 atom stereocenters. The average molecular weight is 349 g/mol. The number of rotatable bonds is 3. The second-order valence-electron chi connectivity index (χ2n) is 3.86. The second-order valence-corrected chi connectivity index (χ2v) is 7.06. The normalized spacial score (nSPS) is 18.6. The molecule has 0 saturated carbocycles. The molecular weight excluding hydrogens is 336 g/mol. The SMILES string of the molecule is CCOC(=O)c1sc(SC)c2c1C(Br)CCC2=O. The number of Topliss-reactive ketones (excluding diaryl/α,β-unsaturated/α-hetero) is 1. The molecule has 3 nitrogen and oxygen atoms in total. The summed E-state index contributed by atoms with van der Waals surface area (Å²) in [6, 6.07) is 0. The predicted octanol–water partition coefficient (Wildman–Crippen LogP) is 4.06. The van der Waals surface area contributed by atoms with Crippen molar-refractivity contribution in [1.29, 1.82) is 0 Å². The number of esters is 1. The summed E-state index contributed by atoms with van der Waals surface area (Å²) in [6.45, 7) is 2.13. The maximum Gasteiger partial charge on any atom is 0.348 e. The van der Waals surface area contributed by atoms with Crippen molar-refractivity contribution in [1.82, 2.24) is 0 Å². The van der Waals surface area contributed by atoms with Crippen LogP contribution in [0.15, 0.2) is 4.21 Å². The topological polar surface area (TPSA) is 43.4 Å². The molecule has 0 spiro atoms. The molecule has 0 N–H and O–H groups in total. The van der Waals surface area contributed by atoms with Crippen LogP contribution in [0.2, 0.25) is 0 Å². The number of ether oxygens (including phenoxy) is 1. The molecule has 1 aromatic rings. The van der Waals surface area contributed by atoms with E-state index >= 15 is 0 Å². The van der Waals surface area contributed by atoms with Gasteiger partial charge < -0.3 is 4.74 Å². The number of halogens is 1. The van der Waals surface area contributed by atoms with Crippen molar-refractivity contribution in [3.05, 3.63) is 16.0 Å². The highest BCUT2D eigenvalue weighted by Crippen LogP contribution is 2.46. The molecule has 1 aliphatic rings. The van der Waals surface area contributed by atoms with Gasteiger partial charge in [-0.05, 0) is 19.6 Å². The van der Waals surface area contributed by atoms with Crippen molar-refractivity contribution >= 4 is 50.8 Å². The van der Waals surface area contributed by atoms with Gasteiger partial charge in [0, 0.05) is 22.4 Å². The summed E-state index contributed by atoms with van der Waals surface area (Å²) in [6.07, 6.45) is 3.20. The van der Waals surface area contributed by atoms with Crippen molar-refractivity contribution in [3.8, 4) is 0 Å². The minimum Gasteiger partial charge on any atom is -0.462 e. The van der Waals surface area contributed by atoms with Crippen LogP contribution in [0.4, 0.5) is 0 Å². The number of ketones is 1. The lowest BCUT2D eigenvalue weighted by Gasteiger charge is -2.18. The van der Waals surface area contributed by atoms with E-state index < -0.39 is 0 Å². The van der Waals surface area contributed by atoms with Crippen LogP contribution in [0.5, 0.6) is 0 Å². The van der Waals surface area contributed by atoms with Crippen LogP contribution in [-0.2, 0) is 4.74 Å². The molecule has 6 heteroatoms. The molecule has 1 aliphatic carbocycles. The molecule has 0 amide bonds. The number of thiophene rings is 1. The Morgan fingerprint density at radius 2 is 2.33 bits per heavy atom. The molecule has 18 heavy (non-hydrogen) atoms. The zero-order valence-corrected chi connectivity index (χ0v) is 13.3. The fourth-order valence-corrected chi connectivity index (χ4v) is 4.86. The average Bonchev–Trinajstić information content (AvgIpc) is 2.75. The molecular formula is C12H13BrO3S2. The fraction of sp³-hybridized carbons (Fsp3) is 0.500. The largest absolute Gasteiger partial charge is 0.462 e. The zero-order chi connectivity index (χ0) is 13.3. The number of hydrogen-bond acceptors (Lipinski definition) is 5. The lowest BCUT2D eigenvalue weighted by Crippen LogP contribution is -2.14. The van der Waals surface area contributed by atoms with Gasteiger partial charge in [-0.2, -0.15) is 0 Å². The van der Waals surface area contributed by atoms with Gasteiger partial charge in [0.1, 0.15) is 4.88 Å². The van der Waals surface area contributed by atoms with E-state index in [1.807, 2.05) is 6.26 Å². The highest BCUT2D eigenvalue weighted by Gasteiger charge is 2.34. The lowest BCUT2D eigenvalue weighted by molar-refractivity contribution is 0.0531. The number of fused-ring (bicyclic) bond motifs is 1. The molecule has 0 fully saturated rings. The second kappa shape index (κ2) is 5.75. The van der Waals surface area contributed by atoms with E-state index in [2.05, 4.69) is 15.9 Å². The number of alkyl halides is 1. The minimum absolute atomic E-state index is 0.0711. The van der Waals surface area contributed by atoms with Crippen molar-refractivity contribution in [2.45, 2.75) is 28.8 Å². The Labute approximate surface area is 122 Å². The number of hydrogen-bond donors (Lipinski definition) is 0. The standard InChI is InChI=1S/C12H13BrO3S2/c1-3-16-11(15)10-8-6(13)4-5-7(14)9(8)12(17-2)18-10/h6H,3-5H2,1-2H3. The van der Waals surface area contributed by atoms with E-state index in [9.17, 15) is 9.59 Å². The summed E-state index contributed by atoms with van der Waals surface area (Å²) < 4.78 is 5.98. The lowest BCUT2D eigenvalue weighted by atomic mass is 9.92. The van der Waals surface area contributed by atoms with E-state index in [1.54, 1.807) is 6.92 Å². The van der Waals surface area contributed by atoms with Crippen LogP contribution >= 0.6 is 39.0 Å². The third kappa shape index (κ3) is 2.38. The molecule has 0 radical (unpaired) electrons. The van der Waals surface area contributed by atoms with Gasteiger partial charge in [-0.1, -0.05) is 15.9 Å². The van der Waals surface area contributed by atoms with Gasteiger partial charge >= 0.3 is 5.97 Å². The summed E-state index contributed by atoms with van der Waals surface area (Å²) in [5, 5.41) is 0. The predicted molar refractivity (Wildman–Crippen MR) is 77.3 cm³/mol. The summed E-state index contributed by atoms with van der Waals surface area (Å²) in [5.41, 5.74) is 1.56. The van der Waals surface area contributed by atoms with Crippen molar-refractivity contribution in [2.24, 2.45) is 0 Å². The first-order chi connectivity index (χ1) is 8.60. The van der Waals surface area contributed by atoms with Gasteiger partial charge in [0.15, 0.2) is 5.78 Å². The molecule has 98 valence electrons. The Morgan fingerprint density at radius 3 is 2.94 bits per heavy atom. The highest BCUT2D eigenvalue weighted by atomic mass is 79.9. The van der Waals surface area contributed by atoms with Gasteiger partial charge in [-0.25, -0.2) is 4.79 Å². The van der Waals surface area contributed by atoms with Gasteiger partial charge in [-0.15, -0.1) is 23.1 Å². The summed E-state index contributed by atoms with van der Waals surface area (Å²) >= 11 is 6.45. The quantitative estimate of drug-likeness (QED) is 0.469. The third-order valence-electron chi connectivity index (χ3n) is 2.78.